The lowest BCUT2D eigenvalue weighted by molar-refractivity contribution is -0.121. The fourth-order valence-corrected chi connectivity index (χ4v) is 1.04. The maximum Gasteiger partial charge on any atom is 0.222 e. The van der Waals surface area contributed by atoms with Crippen molar-refractivity contribution in [3.8, 4) is 0 Å². The van der Waals surface area contributed by atoms with E-state index in [1.807, 2.05) is 20.8 Å². The number of carbonyl (C=O) groups excluding carboxylic acids is 1. The monoisotopic (exact) mass is 229 g/mol. The molecular weight excluding hydrogens is 206 g/mol. The lowest BCUT2D eigenvalue weighted by Gasteiger charge is -2.10. The van der Waals surface area contributed by atoms with Gasteiger partial charge < -0.3 is 10.6 Å². The second-order valence-corrected chi connectivity index (χ2v) is 3.53. The van der Waals surface area contributed by atoms with Gasteiger partial charge in [-0.2, -0.15) is 0 Å². The van der Waals surface area contributed by atoms with Gasteiger partial charge >= 0.3 is 0 Å². The van der Waals surface area contributed by atoms with Crippen LogP contribution in [0, 0.1) is 0 Å². The van der Waals surface area contributed by atoms with E-state index in [0.717, 1.165) is 13.0 Å². The molecule has 0 saturated carbocycles. The molecule has 0 spiro atoms. The summed E-state index contributed by atoms with van der Waals surface area (Å²) in [5.41, 5.74) is 2.44. The van der Waals surface area contributed by atoms with E-state index in [1.165, 1.54) is 0 Å². The molecule has 16 heavy (non-hydrogen) atoms. The smallest absolute Gasteiger partial charge is 0.222 e. The Morgan fingerprint density at radius 2 is 2.12 bits per heavy atom. The summed E-state index contributed by atoms with van der Waals surface area (Å²) in [4.78, 5) is 15.5. The summed E-state index contributed by atoms with van der Waals surface area (Å²) in [7, 11) is 0. The molecule has 0 aromatic rings. The summed E-state index contributed by atoms with van der Waals surface area (Å²) in [6, 6.07) is 0.220. The van der Waals surface area contributed by atoms with E-state index < -0.39 is 0 Å². The van der Waals surface area contributed by atoms with Crippen molar-refractivity contribution in [1.82, 2.24) is 16.1 Å². The van der Waals surface area contributed by atoms with E-state index in [9.17, 15) is 4.79 Å². The predicted octanol–water partition coefficient (Wildman–Crippen LogP) is -0.280. The average Bonchev–Trinajstić information content (AvgIpc) is 2.27. The van der Waals surface area contributed by atoms with Crippen molar-refractivity contribution in [3.05, 3.63) is 0 Å². The van der Waals surface area contributed by atoms with Crippen LogP contribution in [0.4, 0.5) is 0 Å². The Bertz CT molecular complexity index is 229. The number of nitrogens with one attached hydrogen (secondary N) is 3. The van der Waals surface area contributed by atoms with Crippen molar-refractivity contribution in [2.75, 3.05) is 13.1 Å². The summed E-state index contributed by atoms with van der Waals surface area (Å²) in [5, 5.41) is 5.81. The molecule has 1 atom stereocenters. The number of hydrogen-bond donors (Lipinski definition) is 4. The second-order valence-electron chi connectivity index (χ2n) is 3.53. The summed E-state index contributed by atoms with van der Waals surface area (Å²) in [6.07, 6.45) is 1.31. The molecule has 6 nitrogen and oxygen atoms in total. The van der Waals surface area contributed by atoms with Gasteiger partial charge in [0, 0.05) is 19.0 Å². The lowest BCUT2D eigenvalue weighted by atomic mass is 10.2. The van der Waals surface area contributed by atoms with Crippen LogP contribution in [0.2, 0.25) is 0 Å². The predicted molar refractivity (Wildman–Crippen MR) is 65.8 cm³/mol. The van der Waals surface area contributed by atoms with E-state index in [1.54, 1.807) is 0 Å². The highest BCUT2D eigenvalue weighted by Gasteiger charge is 2.04. The lowest BCUT2D eigenvalue weighted by Crippen LogP contribution is -2.41. The molecule has 0 fully saturated rings. The van der Waals surface area contributed by atoms with Gasteiger partial charge in [0.05, 0.1) is 6.54 Å². The molecule has 0 aromatic carbocycles. The zero-order valence-corrected chi connectivity index (χ0v) is 10.3. The van der Waals surface area contributed by atoms with Gasteiger partial charge in [0.1, 0.15) is 0 Å². The topological polar surface area (TPSA) is 91.5 Å². The van der Waals surface area contributed by atoms with Crippen LogP contribution in [0.3, 0.4) is 0 Å². The molecule has 0 heterocycles. The number of amides is 1. The molecule has 5 N–H and O–H groups in total. The van der Waals surface area contributed by atoms with Crippen LogP contribution in [0.1, 0.15) is 33.6 Å². The minimum atomic E-state index is 0.0194. The fraction of sp³-hybridized carbons (Fsp3) is 0.800. The molecule has 6 heteroatoms. The first-order valence-corrected chi connectivity index (χ1v) is 5.68. The van der Waals surface area contributed by atoms with Crippen LogP contribution in [-0.4, -0.2) is 31.0 Å². The third-order valence-corrected chi connectivity index (χ3v) is 2.11. The highest BCUT2D eigenvalue weighted by atomic mass is 16.1. The molecule has 0 aliphatic heterocycles. The van der Waals surface area contributed by atoms with E-state index in [0.29, 0.717) is 18.9 Å². The SMILES string of the molecule is CCNC(=NCCC(=O)NC(C)CC)NN. The van der Waals surface area contributed by atoms with Gasteiger partial charge in [-0.25, -0.2) is 5.84 Å². The van der Waals surface area contributed by atoms with Gasteiger partial charge in [-0.1, -0.05) is 6.92 Å². The highest BCUT2D eigenvalue weighted by Crippen LogP contribution is 1.90. The molecule has 1 amide bonds. The van der Waals surface area contributed by atoms with Crippen LogP contribution in [0.5, 0.6) is 0 Å². The summed E-state index contributed by atoms with van der Waals surface area (Å²) < 4.78 is 0. The molecule has 0 aliphatic carbocycles. The summed E-state index contributed by atoms with van der Waals surface area (Å²) >= 11 is 0. The molecule has 0 bridgehead atoms. The first kappa shape index (κ1) is 14.7. The number of aliphatic imine (C=N–C) groups is 1. The van der Waals surface area contributed by atoms with Crippen molar-refractivity contribution in [3.63, 3.8) is 0 Å². The Hall–Kier alpha value is -1.30. The van der Waals surface area contributed by atoms with Crippen molar-refractivity contribution < 1.29 is 4.79 Å². The van der Waals surface area contributed by atoms with Gasteiger partial charge in [-0.05, 0) is 20.3 Å². The molecule has 1 unspecified atom stereocenters. The van der Waals surface area contributed by atoms with Crippen LogP contribution >= 0.6 is 0 Å². The number of carbonyl (C=O) groups is 1. The van der Waals surface area contributed by atoms with Crippen LogP contribution in [0.15, 0.2) is 4.99 Å². The first-order valence-electron chi connectivity index (χ1n) is 5.68. The molecule has 0 aromatic heterocycles. The van der Waals surface area contributed by atoms with Gasteiger partial charge in [-0.15, -0.1) is 0 Å². The van der Waals surface area contributed by atoms with Crippen molar-refractivity contribution in [1.29, 1.82) is 0 Å². The third-order valence-electron chi connectivity index (χ3n) is 2.11. The highest BCUT2D eigenvalue weighted by molar-refractivity contribution is 5.80. The standard InChI is InChI=1S/C10H23N5O/c1-4-8(3)14-9(16)6-7-13-10(15-11)12-5-2/h8H,4-7,11H2,1-3H3,(H,14,16)(H2,12,13,15). The molecule has 94 valence electrons. The molecule has 0 aliphatic rings. The number of guanidine groups is 1. The zero-order valence-electron chi connectivity index (χ0n) is 10.3. The number of hydrogen-bond acceptors (Lipinski definition) is 3. The Kier molecular flexibility index (Phi) is 8.24. The maximum atomic E-state index is 11.4. The van der Waals surface area contributed by atoms with Crippen LogP contribution < -0.4 is 21.9 Å². The largest absolute Gasteiger partial charge is 0.356 e. The van der Waals surface area contributed by atoms with Gasteiger partial charge in [0.25, 0.3) is 0 Å². The van der Waals surface area contributed by atoms with E-state index >= 15 is 0 Å². The molecular formula is C10H23N5O. The van der Waals surface area contributed by atoms with E-state index in [-0.39, 0.29) is 11.9 Å². The van der Waals surface area contributed by atoms with Crippen molar-refractivity contribution in [2.24, 2.45) is 10.8 Å². The first-order chi connectivity index (χ1) is 7.63. The summed E-state index contributed by atoms with van der Waals surface area (Å²) in [5.74, 6) is 5.77. The van der Waals surface area contributed by atoms with Crippen molar-refractivity contribution >= 4 is 11.9 Å². The number of nitrogens with zero attached hydrogens (tertiary/aromatic N) is 1. The Morgan fingerprint density at radius 3 is 2.62 bits per heavy atom. The molecule has 0 rings (SSSR count). The normalized spacial score (nSPS) is 13.1. The van der Waals surface area contributed by atoms with Gasteiger partial charge in [0.15, 0.2) is 0 Å². The Balaban J connectivity index is 3.82. The quantitative estimate of drug-likeness (QED) is 0.218. The minimum absolute atomic E-state index is 0.0194. The average molecular weight is 229 g/mol. The van der Waals surface area contributed by atoms with Gasteiger partial charge in [0.2, 0.25) is 11.9 Å². The second kappa shape index (κ2) is 8.96. The van der Waals surface area contributed by atoms with Crippen LogP contribution in [0.25, 0.3) is 0 Å². The Morgan fingerprint density at radius 1 is 1.44 bits per heavy atom. The van der Waals surface area contributed by atoms with Crippen molar-refractivity contribution in [2.45, 2.75) is 39.7 Å². The summed E-state index contributed by atoms with van der Waals surface area (Å²) in [6.45, 7) is 7.12. The zero-order chi connectivity index (χ0) is 12.4. The van der Waals surface area contributed by atoms with Crippen LogP contribution in [-0.2, 0) is 4.79 Å². The minimum Gasteiger partial charge on any atom is -0.356 e. The number of nitrogens with two attached hydrogens (primary N) is 1. The maximum absolute atomic E-state index is 11.4. The number of hydrazine groups is 1. The van der Waals surface area contributed by atoms with E-state index in [4.69, 9.17) is 5.84 Å². The van der Waals surface area contributed by atoms with Gasteiger partial charge in [-0.3, -0.25) is 15.2 Å². The fourth-order valence-electron chi connectivity index (χ4n) is 1.04. The molecule has 0 radical (unpaired) electrons. The third kappa shape index (κ3) is 7.05. The van der Waals surface area contributed by atoms with E-state index in [2.05, 4.69) is 21.1 Å². The molecule has 0 saturated heterocycles. The number of rotatable bonds is 6. The Labute approximate surface area is 97.0 Å².